The maximum atomic E-state index is 5.77. The first-order valence-corrected chi connectivity index (χ1v) is 4.49. The second-order valence-electron chi connectivity index (χ2n) is 2.92. The average Bonchev–Trinajstić information content (AvgIpc) is 2.48. The summed E-state index contributed by atoms with van der Waals surface area (Å²) in [5.41, 5.74) is 7.18. The zero-order valence-corrected chi connectivity index (χ0v) is 8.36. The van der Waals surface area contributed by atoms with Crippen molar-refractivity contribution in [1.82, 2.24) is 14.8 Å². The van der Waals surface area contributed by atoms with Crippen LogP contribution in [0.25, 0.3) is 5.82 Å². The number of anilines is 1. The first-order valence-electron chi connectivity index (χ1n) is 4.11. The molecule has 0 aliphatic heterocycles. The van der Waals surface area contributed by atoms with E-state index in [4.69, 9.17) is 17.3 Å². The number of pyridine rings is 1. The molecular weight excluding hydrogens is 200 g/mol. The number of nitrogens with two attached hydrogens (primary N) is 1. The molecule has 5 heteroatoms. The van der Waals surface area contributed by atoms with Gasteiger partial charge in [-0.2, -0.15) is 5.10 Å². The SMILES string of the molecule is Cc1c(N)cnn1-c1cccc(Cl)n1. The van der Waals surface area contributed by atoms with Crippen molar-refractivity contribution in [2.24, 2.45) is 0 Å². The molecule has 0 fully saturated rings. The van der Waals surface area contributed by atoms with Crippen molar-refractivity contribution in [3.05, 3.63) is 35.2 Å². The number of hydrogen-bond acceptors (Lipinski definition) is 3. The Morgan fingerprint density at radius 2 is 2.21 bits per heavy atom. The Bertz CT molecular complexity index is 464. The lowest BCUT2D eigenvalue weighted by Crippen LogP contribution is -2.01. The molecular formula is C9H9ClN4. The number of hydrogen-bond donors (Lipinski definition) is 1. The van der Waals surface area contributed by atoms with Gasteiger partial charge in [0.1, 0.15) is 5.15 Å². The van der Waals surface area contributed by atoms with E-state index in [1.54, 1.807) is 16.9 Å². The summed E-state index contributed by atoms with van der Waals surface area (Å²) in [5, 5.41) is 4.54. The Morgan fingerprint density at radius 1 is 1.43 bits per heavy atom. The van der Waals surface area contributed by atoms with Crippen molar-refractivity contribution in [3.8, 4) is 5.82 Å². The summed E-state index contributed by atoms with van der Waals surface area (Å²) < 4.78 is 1.65. The lowest BCUT2D eigenvalue weighted by Gasteiger charge is -2.02. The van der Waals surface area contributed by atoms with Crippen molar-refractivity contribution in [1.29, 1.82) is 0 Å². The highest BCUT2D eigenvalue weighted by Crippen LogP contribution is 2.15. The summed E-state index contributed by atoms with van der Waals surface area (Å²) in [5.74, 6) is 0.673. The molecule has 0 unspecified atom stereocenters. The Balaban J connectivity index is 2.55. The lowest BCUT2D eigenvalue weighted by atomic mass is 10.4. The molecule has 0 aliphatic carbocycles. The Morgan fingerprint density at radius 3 is 2.79 bits per heavy atom. The smallest absolute Gasteiger partial charge is 0.155 e. The predicted molar refractivity (Wildman–Crippen MR) is 55.5 cm³/mol. The van der Waals surface area contributed by atoms with E-state index in [0.29, 0.717) is 16.7 Å². The Hall–Kier alpha value is -1.55. The Kier molecular flexibility index (Phi) is 2.13. The van der Waals surface area contributed by atoms with Crippen LogP contribution in [0.1, 0.15) is 5.69 Å². The number of aromatic nitrogens is 3. The monoisotopic (exact) mass is 208 g/mol. The number of nitrogen functional groups attached to an aromatic ring is 1. The van der Waals surface area contributed by atoms with Crippen molar-refractivity contribution in [2.45, 2.75) is 6.92 Å². The molecule has 2 N–H and O–H groups in total. The molecule has 0 amide bonds. The van der Waals surface area contributed by atoms with Gasteiger partial charge >= 0.3 is 0 Å². The van der Waals surface area contributed by atoms with Gasteiger partial charge in [0.05, 0.1) is 17.6 Å². The molecule has 0 aromatic carbocycles. The van der Waals surface area contributed by atoms with Gasteiger partial charge in [-0.25, -0.2) is 9.67 Å². The summed E-state index contributed by atoms with van der Waals surface area (Å²) in [6.07, 6.45) is 1.60. The average molecular weight is 209 g/mol. The highest BCUT2D eigenvalue weighted by Gasteiger charge is 2.05. The van der Waals surface area contributed by atoms with Crippen LogP contribution in [-0.4, -0.2) is 14.8 Å². The zero-order chi connectivity index (χ0) is 10.1. The number of rotatable bonds is 1. The zero-order valence-electron chi connectivity index (χ0n) is 7.61. The molecule has 2 rings (SSSR count). The molecule has 0 saturated heterocycles. The van der Waals surface area contributed by atoms with Gasteiger partial charge in [0.15, 0.2) is 5.82 Å². The van der Waals surface area contributed by atoms with Crippen LogP contribution in [0, 0.1) is 6.92 Å². The van der Waals surface area contributed by atoms with E-state index < -0.39 is 0 Å². The van der Waals surface area contributed by atoms with Crippen molar-refractivity contribution in [2.75, 3.05) is 5.73 Å². The molecule has 4 nitrogen and oxygen atoms in total. The third-order valence-corrected chi connectivity index (χ3v) is 2.18. The molecule has 72 valence electrons. The number of nitrogens with zero attached hydrogens (tertiary/aromatic N) is 3. The summed E-state index contributed by atoms with van der Waals surface area (Å²) in [4.78, 5) is 4.13. The summed E-state index contributed by atoms with van der Waals surface area (Å²) in [6.45, 7) is 1.88. The minimum Gasteiger partial charge on any atom is -0.396 e. The van der Waals surface area contributed by atoms with Crippen LogP contribution < -0.4 is 5.73 Å². The third-order valence-electron chi connectivity index (χ3n) is 1.97. The molecule has 0 aliphatic rings. The molecule has 0 saturated carbocycles. The van der Waals surface area contributed by atoms with E-state index in [-0.39, 0.29) is 0 Å². The fraction of sp³-hybridized carbons (Fsp3) is 0.111. The van der Waals surface area contributed by atoms with Crippen molar-refractivity contribution < 1.29 is 0 Å². The third kappa shape index (κ3) is 1.44. The fourth-order valence-electron chi connectivity index (χ4n) is 1.17. The van der Waals surface area contributed by atoms with Crippen LogP contribution in [0.2, 0.25) is 5.15 Å². The largest absolute Gasteiger partial charge is 0.396 e. The summed E-state index contributed by atoms with van der Waals surface area (Å²) >= 11 is 5.77. The predicted octanol–water partition coefficient (Wildman–Crippen LogP) is 1.81. The Labute approximate surface area is 86.3 Å². The van der Waals surface area contributed by atoms with Crippen molar-refractivity contribution >= 4 is 17.3 Å². The van der Waals surface area contributed by atoms with E-state index in [1.165, 1.54) is 0 Å². The molecule has 2 aromatic rings. The van der Waals surface area contributed by atoms with Crippen LogP contribution in [-0.2, 0) is 0 Å². The van der Waals surface area contributed by atoms with Crippen LogP contribution in [0.15, 0.2) is 24.4 Å². The molecule has 0 radical (unpaired) electrons. The van der Waals surface area contributed by atoms with Crippen LogP contribution >= 0.6 is 11.6 Å². The maximum absolute atomic E-state index is 5.77. The highest BCUT2D eigenvalue weighted by molar-refractivity contribution is 6.29. The van der Waals surface area contributed by atoms with Gasteiger partial charge in [-0.1, -0.05) is 17.7 Å². The normalized spacial score (nSPS) is 10.4. The maximum Gasteiger partial charge on any atom is 0.155 e. The van der Waals surface area contributed by atoms with Gasteiger partial charge in [-0.15, -0.1) is 0 Å². The van der Waals surface area contributed by atoms with Gasteiger partial charge in [0.2, 0.25) is 0 Å². The van der Waals surface area contributed by atoms with Gasteiger partial charge in [0.25, 0.3) is 0 Å². The van der Waals surface area contributed by atoms with Gasteiger partial charge < -0.3 is 5.73 Å². The van der Waals surface area contributed by atoms with E-state index in [1.807, 2.05) is 19.1 Å². The second kappa shape index (κ2) is 3.31. The van der Waals surface area contributed by atoms with E-state index in [9.17, 15) is 0 Å². The lowest BCUT2D eigenvalue weighted by molar-refractivity contribution is 0.818. The standard InChI is InChI=1S/C9H9ClN4/c1-6-7(11)5-12-14(6)9-4-2-3-8(10)13-9/h2-5H,11H2,1H3. The molecule has 0 spiro atoms. The molecule has 2 aromatic heterocycles. The molecule has 2 heterocycles. The topological polar surface area (TPSA) is 56.7 Å². The van der Waals surface area contributed by atoms with Crippen molar-refractivity contribution in [3.63, 3.8) is 0 Å². The van der Waals surface area contributed by atoms with E-state index in [0.717, 1.165) is 5.69 Å². The molecule has 0 bridgehead atoms. The quantitative estimate of drug-likeness (QED) is 0.728. The summed E-state index contributed by atoms with van der Waals surface area (Å²) in [7, 11) is 0. The van der Waals surface area contributed by atoms with E-state index in [2.05, 4.69) is 10.1 Å². The van der Waals surface area contributed by atoms with Crippen LogP contribution in [0.5, 0.6) is 0 Å². The van der Waals surface area contributed by atoms with Gasteiger partial charge in [0, 0.05) is 0 Å². The van der Waals surface area contributed by atoms with Crippen LogP contribution in [0.3, 0.4) is 0 Å². The van der Waals surface area contributed by atoms with Gasteiger partial charge in [-0.05, 0) is 19.1 Å². The molecule has 0 atom stereocenters. The van der Waals surface area contributed by atoms with E-state index >= 15 is 0 Å². The molecule has 14 heavy (non-hydrogen) atoms. The van der Waals surface area contributed by atoms with Crippen LogP contribution in [0.4, 0.5) is 5.69 Å². The number of halogens is 1. The summed E-state index contributed by atoms with van der Waals surface area (Å²) in [6, 6.07) is 5.36. The second-order valence-corrected chi connectivity index (χ2v) is 3.30. The first kappa shape index (κ1) is 9.02. The highest BCUT2D eigenvalue weighted by atomic mass is 35.5. The fourth-order valence-corrected chi connectivity index (χ4v) is 1.33. The first-order chi connectivity index (χ1) is 6.68. The van der Waals surface area contributed by atoms with Gasteiger partial charge in [-0.3, -0.25) is 0 Å². The minimum atomic E-state index is 0.441. The minimum absolute atomic E-state index is 0.441.